The van der Waals surface area contributed by atoms with Crippen molar-refractivity contribution in [2.24, 2.45) is 0 Å². The van der Waals surface area contributed by atoms with Crippen LogP contribution < -0.4 is 0 Å². The van der Waals surface area contributed by atoms with Crippen molar-refractivity contribution in [2.45, 2.75) is 20.3 Å². The number of thioether (sulfide) groups is 1. The van der Waals surface area contributed by atoms with Gasteiger partial charge in [-0.15, -0.1) is 11.8 Å². The summed E-state index contributed by atoms with van der Waals surface area (Å²) in [6.45, 7) is 4.41. The van der Waals surface area contributed by atoms with Crippen molar-refractivity contribution in [1.29, 1.82) is 0 Å². The summed E-state index contributed by atoms with van der Waals surface area (Å²) in [5, 5.41) is 0. The van der Waals surface area contributed by atoms with Crippen LogP contribution in [0.25, 0.3) is 0 Å². The normalized spacial score (nSPS) is 19.7. The van der Waals surface area contributed by atoms with Gasteiger partial charge in [-0.2, -0.15) is 0 Å². The quantitative estimate of drug-likeness (QED) is 0.554. The van der Waals surface area contributed by atoms with Crippen molar-refractivity contribution in [3.8, 4) is 0 Å². The largest absolute Gasteiger partial charge is 0.368 e. The van der Waals surface area contributed by atoms with Crippen LogP contribution in [-0.2, 0) is 0 Å². The van der Waals surface area contributed by atoms with Gasteiger partial charge in [0.1, 0.15) is 0 Å². The zero-order chi connectivity index (χ0) is 6.85. The van der Waals surface area contributed by atoms with Crippen molar-refractivity contribution >= 4 is 11.8 Å². The molecule has 0 saturated carbocycles. The van der Waals surface area contributed by atoms with E-state index in [0.717, 1.165) is 5.88 Å². The minimum Gasteiger partial charge on any atom is -0.368 e. The smallest absolute Gasteiger partial charge is 0.0677 e. The lowest BCUT2D eigenvalue weighted by atomic mass is 10.3. The zero-order valence-corrected chi connectivity index (χ0v) is 7.09. The molecule has 0 unspecified atom stereocenters. The van der Waals surface area contributed by atoms with E-state index in [-0.39, 0.29) is 0 Å². The third-order valence-corrected chi connectivity index (χ3v) is 3.18. The molecule has 52 valence electrons. The molecule has 0 atom stereocenters. The van der Waals surface area contributed by atoms with Crippen LogP contribution in [0.4, 0.5) is 0 Å². The van der Waals surface area contributed by atoms with Gasteiger partial charge in [0.2, 0.25) is 0 Å². The van der Waals surface area contributed by atoms with E-state index in [4.69, 9.17) is 0 Å². The van der Waals surface area contributed by atoms with Gasteiger partial charge in [0, 0.05) is 17.6 Å². The second kappa shape index (κ2) is 2.65. The summed E-state index contributed by atoms with van der Waals surface area (Å²) in [5.74, 6) is 1.15. The highest BCUT2D eigenvalue weighted by atomic mass is 32.2. The fourth-order valence-corrected chi connectivity index (χ4v) is 2.06. The van der Waals surface area contributed by atoms with Gasteiger partial charge in [0.15, 0.2) is 0 Å². The molecular weight excluding hydrogens is 130 g/mol. The molecule has 0 aromatic rings. The van der Waals surface area contributed by atoms with Crippen molar-refractivity contribution in [3.63, 3.8) is 0 Å². The lowest BCUT2D eigenvalue weighted by Gasteiger charge is -2.09. The number of allylic oxidation sites excluding steroid dienone is 2. The summed E-state index contributed by atoms with van der Waals surface area (Å²) in [6, 6.07) is 0. The summed E-state index contributed by atoms with van der Waals surface area (Å²) < 4.78 is 0. The third-order valence-electron chi connectivity index (χ3n) is 1.73. The summed E-state index contributed by atoms with van der Waals surface area (Å²) in [6.07, 6.45) is 1.20. The number of rotatable bonds is 1. The number of hydrogen-bond acceptors (Lipinski definition) is 2. The molecule has 0 spiro atoms. The molecule has 1 heterocycles. The van der Waals surface area contributed by atoms with Gasteiger partial charge in [-0.25, -0.2) is 0 Å². The number of hydrogen-bond donors (Lipinski definition) is 0. The molecule has 1 aliphatic heterocycles. The Balaban J connectivity index is 2.68. The van der Waals surface area contributed by atoms with E-state index in [0.29, 0.717) is 0 Å². The van der Waals surface area contributed by atoms with Gasteiger partial charge in [-0.05, 0) is 13.3 Å². The molecule has 0 amide bonds. The summed E-state index contributed by atoms with van der Waals surface area (Å²) in [7, 11) is 2.14. The van der Waals surface area contributed by atoms with E-state index < -0.39 is 0 Å². The predicted octanol–water partition coefficient (Wildman–Crippen LogP) is 2.26. The fourth-order valence-electron chi connectivity index (χ4n) is 0.947. The van der Waals surface area contributed by atoms with Crippen molar-refractivity contribution < 1.29 is 0 Å². The molecule has 1 nitrogen and oxygen atoms in total. The SMILES string of the molecule is CCC1=C(C)N(C)CS1. The summed E-state index contributed by atoms with van der Waals surface area (Å²) in [4.78, 5) is 3.85. The van der Waals surface area contributed by atoms with E-state index >= 15 is 0 Å². The first-order valence-corrected chi connectivity index (χ1v) is 4.28. The van der Waals surface area contributed by atoms with Crippen LogP contribution in [0, 0.1) is 0 Å². The molecule has 0 bridgehead atoms. The highest BCUT2D eigenvalue weighted by molar-refractivity contribution is 8.03. The van der Waals surface area contributed by atoms with Crippen LogP contribution >= 0.6 is 11.8 Å². The zero-order valence-electron chi connectivity index (χ0n) is 6.27. The van der Waals surface area contributed by atoms with Crippen LogP contribution in [0.15, 0.2) is 10.6 Å². The van der Waals surface area contributed by atoms with E-state index in [2.05, 4.69) is 25.8 Å². The van der Waals surface area contributed by atoms with Gasteiger partial charge in [-0.3, -0.25) is 0 Å². The Morgan fingerprint density at radius 1 is 1.67 bits per heavy atom. The topological polar surface area (TPSA) is 3.24 Å². The average Bonchev–Trinajstić information content (AvgIpc) is 2.15. The van der Waals surface area contributed by atoms with E-state index in [1.54, 1.807) is 4.91 Å². The molecule has 1 rings (SSSR count). The van der Waals surface area contributed by atoms with Gasteiger partial charge >= 0.3 is 0 Å². The molecule has 0 saturated heterocycles. The predicted molar refractivity (Wildman–Crippen MR) is 43.2 cm³/mol. The Labute approximate surface area is 61.1 Å². The Hall–Kier alpha value is -0.110. The molecule has 0 radical (unpaired) electrons. The van der Waals surface area contributed by atoms with Gasteiger partial charge in [0.25, 0.3) is 0 Å². The fraction of sp³-hybridized carbons (Fsp3) is 0.714. The molecule has 0 aromatic heterocycles. The highest BCUT2D eigenvalue weighted by Gasteiger charge is 2.13. The van der Waals surface area contributed by atoms with Crippen LogP contribution in [0.2, 0.25) is 0 Å². The molecule has 0 aliphatic carbocycles. The van der Waals surface area contributed by atoms with Crippen LogP contribution in [0.5, 0.6) is 0 Å². The Morgan fingerprint density at radius 3 is 2.56 bits per heavy atom. The third kappa shape index (κ3) is 1.23. The molecule has 2 heteroatoms. The lowest BCUT2D eigenvalue weighted by molar-refractivity contribution is 0.501. The van der Waals surface area contributed by atoms with E-state index in [9.17, 15) is 0 Å². The van der Waals surface area contributed by atoms with Crippen LogP contribution in [-0.4, -0.2) is 17.8 Å². The molecule has 0 aromatic carbocycles. The van der Waals surface area contributed by atoms with Crippen molar-refractivity contribution in [3.05, 3.63) is 10.6 Å². The first-order chi connectivity index (χ1) is 4.25. The summed E-state index contributed by atoms with van der Waals surface area (Å²) >= 11 is 1.96. The maximum Gasteiger partial charge on any atom is 0.0677 e. The Kier molecular flexibility index (Phi) is 2.06. The standard InChI is InChI=1S/C7H13NS/c1-4-7-6(2)8(3)5-9-7/h4-5H2,1-3H3. The number of nitrogens with zero attached hydrogens (tertiary/aromatic N) is 1. The molecular formula is C7H13NS. The maximum atomic E-state index is 2.30. The Morgan fingerprint density at radius 2 is 2.33 bits per heavy atom. The maximum absolute atomic E-state index is 2.30. The molecule has 0 fully saturated rings. The molecule has 0 N–H and O–H groups in total. The van der Waals surface area contributed by atoms with Crippen LogP contribution in [0.3, 0.4) is 0 Å². The first-order valence-electron chi connectivity index (χ1n) is 3.29. The molecule has 1 aliphatic rings. The van der Waals surface area contributed by atoms with E-state index in [1.807, 2.05) is 11.8 Å². The second-order valence-corrected chi connectivity index (χ2v) is 3.37. The van der Waals surface area contributed by atoms with Crippen LogP contribution in [0.1, 0.15) is 20.3 Å². The average molecular weight is 143 g/mol. The van der Waals surface area contributed by atoms with Crippen molar-refractivity contribution in [2.75, 3.05) is 12.9 Å². The van der Waals surface area contributed by atoms with Gasteiger partial charge < -0.3 is 4.90 Å². The minimum absolute atomic E-state index is 1.15. The monoisotopic (exact) mass is 143 g/mol. The molecule has 9 heavy (non-hydrogen) atoms. The van der Waals surface area contributed by atoms with Gasteiger partial charge in [-0.1, -0.05) is 6.92 Å². The summed E-state index contributed by atoms with van der Waals surface area (Å²) in [5.41, 5.74) is 1.46. The highest BCUT2D eigenvalue weighted by Crippen LogP contribution is 2.31. The van der Waals surface area contributed by atoms with Crippen molar-refractivity contribution in [1.82, 2.24) is 4.90 Å². The van der Waals surface area contributed by atoms with E-state index in [1.165, 1.54) is 12.1 Å². The second-order valence-electron chi connectivity index (χ2n) is 2.33. The first kappa shape index (κ1) is 7.00. The lowest BCUT2D eigenvalue weighted by Crippen LogP contribution is -2.09. The van der Waals surface area contributed by atoms with Gasteiger partial charge in [0.05, 0.1) is 5.88 Å². The Bertz CT molecular complexity index is 140. The minimum atomic E-state index is 1.15.